The molecule has 1 rings (SSSR count). The Morgan fingerprint density at radius 3 is 3.00 bits per heavy atom. The quantitative estimate of drug-likeness (QED) is 0.709. The molecule has 0 aliphatic heterocycles. The highest BCUT2D eigenvalue weighted by Gasteiger charge is 1.99. The lowest BCUT2D eigenvalue weighted by molar-refractivity contribution is 0.980. The molecule has 0 spiro atoms. The Balaban J connectivity index is 2.64. The molecule has 0 fully saturated rings. The van der Waals surface area contributed by atoms with Crippen LogP contribution in [0.25, 0.3) is 0 Å². The molecule has 4 N–H and O–H groups in total. The fourth-order valence-corrected chi connectivity index (χ4v) is 1.30. The SMILES string of the molecule is CC(=CCCN)Cc1cccnc1N. The minimum absolute atomic E-state index is 0.619. The van der Waals surface area contributed by atoms with Crippen LogP contribution in [0.3, 0.4) is 0 Å². The van der Waals surface area contributed by atoms with Crippen molar-refractivity contribution in [1.29, 1.82) is 0 Å². The average Bonchev–Trinajstić information content (AvgIpc) is 2.18. The maximum Gasteiger partial charge on any atom is 0.126 e. The normalized spacial score (nSPS) is 11.7. The molecule has 1 aromatic heterocycles. The van der Waals surface area contributed by atoms with Crippen LogP contribution in [0.4, 0.5) is 5.82 Å². The molecule has 0 aliphatic rings. The van der Waals surface area contributed by atoms with Crippen LogP contribution in [-0.2, 0) is 6.42 Å². The Hall–Kier alpha value is -1.35. The summed E-state index contributed by atoms with van der Waals surface area (Å²) >= 11 is 0. The first-order valence-corrected chi connectivity index (χ1v) is 4.79. The molecule has 3 nitrogen and oxygen atoms in total. The summed E-state index contributed by atoms with van der Waals surface area (Å²) in [7, 11) is 0. The van der Waals surface area contributed by atoms with E-state index in [0.717, 1.165) is 18.4 Å². The predicted octanol–water partition coefficient (Wildman–Crippen LogP) is 1.50. The van der Waals surface area contributed by atoms with Gasteiger partial charge >= 0.3 is 0 Å². The first-order valence-electron chi connectivity index (χ1n) is 4.79. The minimum Gasteiger partial charge on any atom is -0.383 e. The molecule has 1 heterocycles. The summed E-state index contributed by atoms with van der Waals surface area (Å²) in [6.07, 6.45) is 5.63. The smallest absolute Gasteiger partial charge is 0.126 e. The van der Waals surface area contributed by atoms with Gasteiger partial charge in [0.25, 0.3) is 0 Å². The second kappa shape index (κ2) is 5.40. The van der Waals surface area contributed by atoms with E-state index in [0.29, 0.717) is 12.4 Å². The highest BCUT2D eigenvalue weighted by molar-refractivity contribution is 5.40. The second-order valence-electron chi connectivity index (χ2n) is 3.35. The zero-order valence-electron chi connectivity index (χ0n) is 8.53. The van der Waals surface area contributed by atoms with Gasteiger partial charge in [-0.2, -0.15) is 0 Å². The van der Waals surface area contributed by atoms with Crippen molar-refractivity contribution >= 4 is 5.82 Å². The Kier molecular flexibility index (Phi) is 4.13. The average molecular weight is 191 g/mol. The first kappa shape index (κ1) is 10.7. The number of nitrogen functional groups attached to an aromatic ring is 1. The van der Waals surface area contributed by atoms with Crippen LogP contribution >= 0.6 is 0 Å². The lowest BCUT2D eigenvalue weighted by Crippen LogP contribution is -1.99. The molecule has 0 radical (unpaired) electrons. The lowest BCUT2D eigenvalue weighted by Gasteiger charge is -2.04. The fourth-order valence-electron chi connectivity index (χ4n) is 1.30. The third-order valence-electron chi connectivity index (χ3n) is 2.05. The molecule has 0 saturated heterocycles. The van der Waals surface area contributed by atoms with E-state index >= 15 is 0 Å². The van der Waals surface area contributed by atoms with Gasteiger partial charge in [0.05, 0.1) is 0 Å². The maximum atomic E-state index is 5.73. The number of anilines is 1. The van der Waals surface area contributed by atoms with Crippen molar-refractivity contribution in [3.8, 4) is 0 Å². The molecule has 0 atom stereocenters. The van der Waals surface area contributed by atoms with E-state index in [2.05, 4.69) is 18.0 Å². The van der Waals surface area contributed by atoms with Crippen molar-refractivity contribution in [1.82, 2.24) is 4.98 Å². The van der Waals surface area contributed by atoms with Gasteiger partial charge in [-0.05, 0) is 37.9 Å². The number of hydrogen-bond donors (Lipinski definition) is 2. The second-order valence-corrected chi connectivity index (χ2v) is 3.35. The zero-order chi connectivity index (χ0) is 10.4. The topological polar surface area (TPSA) is 64.9 Å². The number of aromatic nitrogens is 1. The Labute approximate surface area is 84.8 Å². The van der Waals surface area contributed by atoms with Gasteiger partial charge in [0.15, 0.2) is 0 Å². The number of allylic oxidation sites excluding steroid dienone is 1. The van der Waals surface area contributed by atoms with E-state index < -0.39 is 0 Å². The summed E-state index contributed by atoms with van der Waals surface area (Å²) in [4.78, 5) is 4.04. The van der Waals surface area contributed by atoms with Gasteiger partial charge in [0, 0.05) is 6.20 Å². The summed E-state index contributed by atoms with van der Waals surface area (Å²) in [5.74, 6) is 0.619. The zero-order valence-corrected chi connectivity index (χ0v) is 8.53. The molecule has 1 aromatic rings. The van der Waals surface area contributed by atoms with Crippen LogP contribution in [-0.4, -0.2) is 11.5 Å². The largest absolute Gasteiger partial charge is 0.383 e. The van der Waals surface area contributed by atoms with Gasteiger partial charge in [-0.15, -0.1) is 0 Å². The van der Waals surface area contributed by atoms with Crippen molar-refractivity contribution in [2.24, 2.45) is 5.73 Å². The predicted molar refractivity (Wildman–Crippen MR) is 59.8 cm³/mol. The first-order chi connectivity index (χ1) is 6.74. The lowest BCUT2D eigenvalue weighted by atomic mass is 10.1. The number of nitrogens with zero attached hydrogens (tertiary/aromatic N) is 1. The summed E-state index contributed by atoms with van der Waals surface area (Å²) in [5, 5.41) is 0. The molecule has 0 unspecified atom stereocenters. The number of pyridine rings is 1. The summed E-state index contributed by atoms with van der Waals surface area (Å²) in [6.45, 7) is 2.78. The number of rotatable bonds is 4. The summed E-state index contributed by atoms with van der Waals surface area (Å²) in [5.41, 5.74) is 13.5. The number of hydrogen-bond acceptors (Lipinski definition) is 3. The number of nitrogens with two attached hydrogens (primary N) is 2. The monoisotopic (exact) mass is 191 g/mol. The van der Waals surface area contributed by atoms with Crippen LogP contribution in [0.5, 0.6) is 0 Å². The van der Waals surface area contributed by atoms with Crippen LogP contribution in [0.1, 0.15) is 18.9 Å². The van der Waals surface area contributed by atoms with E-state index in [1.165, 1.54) is 5.57 Å². The Morgan fingerprint density at radius 1 is 1.57 bits per heavy atom. The molecule has 0 bridgehead atoms. The van der Waals surface area contributed by atoms with Gasteiger partial charge in [0.1, 0.15) is 5.82 Å². The van der Waals surface area contributed by atoms with Crippen LogP contribution in [0.15, 0.2) is 30.0 Å². The van der Waals surface area contributed by atoms with Crippen molar-refractivity contribution in [2.45, 2.75) is 19.8 Å². The van der Waals surface area contributed by atoms with Gasteiger partial charge in [0.2, 0.25) is 0 Å². The molecule has 14 heavy (non-hydrogen) atoms. The van der Waals surface area contributed by atoms with E-state index in [9.17, 15) is 0 Å². The van der Waals surface area contributed by atoms with E-state index in [4.69, 9.17) is 11.5 Å². The van der Waals surface area contributed by atoms with Crippen LogP contribution in [0, 0.1) is 0 Å². The molecule has 0 aromatic carbocycles. The van der Waals surface area contributed by atoms with Crippen molar-refractivity contribution in [3.05, 3.63) is 35.5 Å². The van der Waals surface area contributed by atoms with Crippen molar-refractivity contribution < 1.29 is 0 Å². The van der Waals surface area contributed by atoms with E-state index in [1.807, 2.05) is 12.1 Å². The van der Waals surface area contributed by atoms with Gasteiger partial charge in [-0.3, -0.25) is 0 Å². The molecule has 0 saturated carbocycles. The third kappa shape index (κ3) is 3.18. The van der Waals surface area contributed by atoms with Gasteiger partial charge in [-0.25, -0.2) is 4.98 Å². The Morgan fingerprint density at radius 2 is 2.36 bits per heavy atom. The van der Waals surface area contributed by atoms with Gasteiger partial charge in [-0.1, -0.05) is 17.7 Å². The standard InChI is InChI=1S/C11H17N3/c1-9(4-2-6-12)8-10-5-3-7-14-11(10)13/h3-5,7H,2,6,8,12H2,1H3,(H2,13,14). The van der Waals surface area contributed by atoms with Crippen LogP contribution < -0.4 is 11.5 Å². The highest BCUT2D eigenvalue weighted by atomic mass is 14.8. The van der Waals surface area contributed by atoms with E-state index in [-0.39, 0.29) is 0 Å². The molecule has 0 amide bonds. The molecule has 3 heteroatoms. The van der Waals surface area contributed by atoms with E-state index in [1.54, 1.807) is 6.20 Å². The van der Waals surface area contributed by atoms with Crippen LogP contribution in [0.2, 0.25) is 0 Å². The molecule has 0 aliphatic carbocycles. The fraction of sp³-hybridized carbons (Fsp3) is 0.364. The summed E-state index contributed by atoms with van der Waals surface area (Å²) < 4.78 is 0. The third-order valence-corrected chi connectivity index (χ3v) is 2.05. The Bertz CT molecular complexity index is 318. The van der Waals surface area contributed by atoms with Crippen molar-refractivity contribution in [3.63, 3.8) is 0 Å². The maximum absolute atomic E-state index is 5.73. The van der Waals surface area contributed by atoms with Crippen molar-refractivity contribution in [2.75, 3.05) is 12.3 Å². The van der Waals surface area contributed by atoms with Gasteiger partial charge < -0.3 is 11.5 Å². The highest BCUT2D eigenvalue weighted by Crippen LogP contribution is 2.12. The molecule has 76 valence electrons. The molecular weight excluding hydrogens is 174 g/mol. The molecular formula is C11H17N3. The minimum atomic E-state index is 0.619. The summed E-state index contributed by atoms with van der Waals surface area (Å²) in [6, 6.07) is 3.91.